The molecule has 1 rings (SSSR count). The molecular formula is C9H11NO2. The fraction of sp³-hybridized carbons (Fsp3) is 0.333. The van der Waals surface area contributed by atoms with E-state index in [2.05, 4.69) is 4.98 Å². The van der Waals surface area contributed by atoms with Crippen molar-refractivity contribution < 1.29 is 9.90 Å². The summed E-state index contributed by atoms with van der Waals surface area (Å²) in [7, 11) is 0. The summed E-state index contributed by atoms with van der Waals surface area (Å²) in [5.74, 6) is -0.200. The third-order valence-corrected chi connectivity index (χ3v) is 1.62. The Balaban J connectivity index is 2.78. The molecule has 0 amide bonds. The van der Waals surface area contributed by atoms with Gasteiger partial charge in [-0.1, -0.05) is 13.0 Å². The summed E-state index contributed by atoms with van der Waals surface area (Å²) in [6, 6.07) is 5.12. The summed E-state index contributed by atoms with van der Waals surface area (Å²) in [6.07, 6.45) is 0.829. The standard InChI is InChI=1S/C9H11NO2/c1-2-8(11)9(12)7-5-3-4-6-10-7/h3-6,9,12H,2H2,1H3. The first-order chi connectivity index (χ1) is 5.75. The maximum Gasteiger partial charge on any atom is 0.167 e. The molecule has 0 aliphatic rings. The lowest BCUT2D eigenvalue weighted by molar-refractivity contribution is -0.127. The normalized spacial score (nSPS) is 12.5. The van der Waals surface area contributed by atoms with Gasteiger partial charge in [0.15, 0.2) is 11.9 Å². The van der Waals surface area contributed by atoms with E-state index in [0.29, 0.717) is 12.1 Å². The van der Waals surface area contributed by atoms with Crippen molar-refractivity contribution in [2.45, 2.75) is 19.4 Å². The topological polar surface area (TPSA) is 50.2 Å². The van der Waals surface area contributed by atoms with E-state index in [0.717, 1.165) is 0 Å². The second-order valence-electron chi connectivity index (χ2n) is 2.48. The van der Waals surface area contributed by atoms with Crippen LogP contribution in [0.3, 0.4) is 0 Å². The van der Waals surface area contributed by atoms with Gasteiger partial charge < -0.3 is 5.11 Å². The van der Waals surface area contributed by atoms with Crippen LogP contribution < -0.4 is 0 Å². The van der Waals surface area contributed by atoms with Crippen LogP contribution in [0.4, 0.5) is 0 Å². The molecule has 1 aromatic rings. The number of rotatable bonds is 3. The first-order valence-electron chi connectivity index (χ1n) is 3.87. The number of aliphatic hydroxyl groups excluding tert-OH is 1. The Morgan fingerprint density at radius 1 is 1.67 bits per heavy atom. The third-order valence-electron chi connectivity index (χ3n) is 1.62. The maximum absolute atomic E-state index is 11.0. The van der Waals surface area contributed by atoms with Gasteiger partial charge in [0, 0.05) is 12.6 Å². The lowest BCUT2D eigenvalue weighted by Gasteiger charge is -2.05. The van der Waals surface area contributed by atoms with Crippen molar-refractivity contribution in [2.24, 2.45) is 0 Å². The number of nitrogens with zero attached hydrogens (tertiary/aromatic N) is 1. The van der Waals surface area contributed by atoms with Crippen molar-refractivity contribution in [2.75, 3.05) is 0 Å². The molecule has 1 heterocycles. The Hall–Kier alpha value is -1.22. The lowest BCUT2D eigenvalue weighted by atomic mass is 10.1. The molecule has 0 aromatic carbocycles. The van der Waals surface area contributed by atoms with Crippen molar-refractivity contribution in [1.82, 2.24) is 4.98 Å². The van der Waals surface area contributed by atoms with Gasteiger partial charge in [-0.15, -0.1) is 0 Å². The lowest BCUT2D eigenvalue weighted by Crippen LogP contribution is -2.11. The Morgan fingerprint density at radius 2 is 2.42 bits per heavy atom. The highest BCUT2D eigenvalue weighted by molar-refractivity contribution is 5.83. The Morgan fingerprint density at radius 3 is 2.92 bits per heavy atom. The Bertz CT molecular complexity index is 258. The van der Waals surface area contributed by atoms with Gasteiger partial charge in [0.2, 0.25) is 0 Å². The van der Waals surface area contributed by atoms with Gasteiger partial charge in [-0.3, -0.25) is 9.78 Å². The number of carbonyl (C=O) groups excluding carboxylic acids is 1. The molecule has 3 heteroatoms. The number of hydrogen-bond acceptors (Lipinski definition) is 3. The van der Waals surface area contributed by atoms with Crippen molar-refractivity contribution in [3.05, 3.63) is 30.1 Å². The number of aromatic nitrogens is 1. The quantitative estimate of drug-likeness (QED) is 0.729. The molecule has 12 heavy (non-hydrogen) atoms. The number of ketones is 1. The summed E-state index contributed by atoms with van der Waals surface area (Å²) in [4.78, 5) is 14.9. The van der Waals surface area contributed by atoms with Crippen LogP contribution in [0.2, 0.25) is 0 Å². The number of pyridine rings is 1. The van der Waals surface area contributed by atoms with Gasteiger partial charge in [0.05, 0.1) is 5.69 Å². The summed E-state index contributed by atoms with van der Waals surface area (Å²) >= 11 is 0. The molecule has 64 valence electrons. The first kappa shape index (κ1) is 8.87. The maximum atomic E-state index is 11.0. The fourth-order valence-corrected chi connectivity index (χ4v) is 0.896. The minimum atomic E-state index is -1.06. The number of hydrogen-bond donors (Lipinski definition) is 1. The van der Waals surface area contributed by atoms with Crippen LogP contribution in [0.5, 0.6) is 0 Å². The predicted molar refractivity (Wildman–Crippen MR) is 44.5 cm³/mol. The predicted octanol–water partition coefficient (Wildman–Crippen LogP) is 1.09. The van der Waals surface area contributed by atoms with E-state index in [1.165, 1.54) is 0 Å². The summed E-state index contributed by atoms with van der Waals surface area (Å²) in [5, 5.41) is 9.38. The molecule has 1 atom stereocenters. The first-order valence-corrected chi connectivity index (χ1v) is 3.87. The van der Waals surface area contributed by atoms with Crippen molar-refractivity contribution in [3.63, 3.8) is 0 Å². The smallest absolute Gasteiger partial charge is 0.167 e. The molecule has 0 bridgehead atoms. The van der Waals surface area contributed by atoms with Crippen molar-refractivity contribution in [1.29, 1.82) is 0 Å². The highest BCUT2D eigenvalue weighted by atomic mass is 16.3. The second kappa shape index (κ2) is 3.97. The molecular weight excluding hydrogens is 154 g/mol. The summed E-state index contributed by atoms with van der Waals surface area (Å²) in [5.41, 5.74) is 0.421. The SMILES string of the molecule is CCC(=O)C(O)c1ccccn1. The Labute approximate surface area is 71.1 Å². The summed E-state index contributed by atoms with van der Waals surface area (Å²) < 4.78 is 0. The molecule has 0 radical (unpaired) electrons. The number of Topliss-reactive ketones (excluding diaryl/α,β-unsaturated/α-hetero) is 1. The largest absolute Gasteiger partial charge is 0.379 e. The summed E-state index contributed by atoms with van der Waals surface area (Å²) in [6.45, 7) is 1.72. The van der Waals surface area contributed by atoms with Crippen LogP contribution >= 0.6 is 0 Å². The zero-order valence-corrected chi connectivity index (χ0v) is 6.90. The zero-order chi connectivity index (χ0) is 8.97. The van der Waals surface area contributed by atoms with Crippen LogP contribution in [0.15, 0.2) is 24.4 Å². The van der Waals surface area contributed by atoms with E-state index in [1.807, 2.05) is 0 Å². The van der Waals surface area contributed by atoms with E-state index in [4.69, 9.17) is 0 Å². The average Bonchev–Trinajstić information content (AvgIpc) is 2.17. The Kier molecular flexibility index (Phi) is 2.94. The van der Waals surface area contributed by atoms with E-state index >= 15 is 0 Å². The second-order valence-corrected chi connectivity index (χ2v) is 2.48. The highest BCUT2D eigenvalue weighted by Gasteiger charge is 2.15. The molecule has 1 aromatic heterocycles. The number of carbonyl (C=O) groups is 1. The van der Waals surface area contributed by atoms with E-state index in [1.54, 1.807) is 31.3 Å². The number of aliphatic hydroxyl groups is 1. The van der Waals surface area contributed by atoms with E-state index in [9.17, 15) is 9.90 Å². The van der Waals surface area contributed by atoms with Gasteiger partial charge >= 0.3 is 0 Å². The van der Waals surface area contributed by atoms with Crippen LogP contribution in [-0.4, -0.2) is 15.9 Å². The molecule has 0 fully saturated rings. The molecule has 0 aliphatic heterocycles. The zero-order valence-electron chi connectivity index (χ0n) is 6.90. The van der Waals surface area contributed by atoms with Gasteiger partial charge in [0.25, 0.3) is 0 Å². The van der Waals surface area contributed by atoms with E-state index < -0.39 is 6.10 Å². The molecule has 3 nitrogen and oxygen atoms in total. The van der Waals surface area contributed by atoms with Gasteiger partial charge in [0.1, 0.15) is 0 Å². The molecule has 1 N–H and O–H groups in total. The minimum absolute atomic E-state index is 0.200. The van der Waals surface area contributed by atoms with Crippen LogP contribution in [0.25, 0.3) is 0 Å². The molecule has 1 unspecified atom stereocenters. The van der Waals surface area contributed by atoms with Crippen molar-refractivity contribution >= 4 is 5.78 Å². The molecule has 0 aliphatic carbocycles. The van der Waals surface area contributed by atoms with E-state index in [-0.39, 0.29) is 5.78 Å². The highest BCUT2D eigenvalue weighted by Crippen LogP contribution is 2.11. The van der Waals surface area contributed by atoms with Crippen LogP contribution in [-0.2, 0) is 4.79 Å². The monoisotopic (exact) mass is 165 g/mol. The van der Waals surface area contributed by atoms with Gasteiger partial charge in [-0.05, 0) is 12.1 Å². The molecule has 0 saturated carbocycles. The van der Waals surface area contributed by atoms with Crippen LogP contribution in [0.1, 0.15) is 25.1 Å². The fourth-order valence-electron chi connectivity index (χ4n) is 0.896. The molecule has 0 spiro atoms. The minimum Gasteiger partial charge on any atom is -0.379 e. The third kappa shape index (κ3) is 1.89. The van der Waals surface area contributed by atoms with Gasteiger partial charge in [-0.2, -0.15) is 0 Å². The van der Waals surface area contributed by atoms with Crippen molar-refractivity contribution in [3.8, 4) is 0 Å². The van der Waals surface area contributed by atoms with Crippen LogP contribution in [0, 0.1) is 0 Å². The van der Waals surface area contributed by atoms with Gasteiger partial charge in [-0.25, -0.2) is 0 Å². The molecule has 0 saturated heterocycles. The average molecular weight is 165 g/mol.